The number of amides is 4. The van der Waals surface area contributed by atoms with Crippen molar-refractivity contribution in [3.8, 4) is 0 Å². The van der Waals surface area contributed by atoms with Gasteiger partial charge < -0.3 is 5.11 Å². The first-order valence-electron chi connectivity index (χ1n) is 9.29. The Kier molecular flexibility index (Phi) is 4.27. The summed E-state index contributed by atoms with van der Waals surface area (Å²) in [4.78, 5) is 53.9. The van der Waals surface area contributed by atoms with Gasteiger partial charge in [-0.05, 0) is 36.6 Å². The second-order valence-corrected chi connectivity index (χ2v) is 7.53. The maximum Gasteiger partial charge on any atom is 0.261 e. The van der Waals surface area contributed by atoms with E-state index in [1.54, 1.807) is 24.3 Å². The van der Waals surface area contributed by atoms with Gasteiger partial charge in [0.05, 0.1) is 0 Å². The Morgan fingerprint density at radius 1 is 0.750 bits per heavy atom. The first-order chi connectivity index (χ1) is 13.4. The maximum atomic E-state index is 12.9. The monoisotopic (exact) mass is 380 g/mol. The molecular formula is C21H20N2O5. The molecule has 2 aromatic carbocycles. The number of aliphatic hydroxyl groups is 1. The minimum atomic E-state index is -0.473. The summed E-state index contributed by atoms with van der Waals surface area (Å²) < 4.78 is 0. The second kappa shape index (κ2) is 6.53. The van der Waals surface area contributed by atoms with E-state index in [1.807, 2.05) is 13.8 Å². The molecule has 7 nitrogen and oxygen atoms in total. The summed E-state index contributed by atoms with van der Waals surface area (Å²) in [5, 5.41) is 9.80. The number of imide groups is 2. The van der Waals surface area contributed by atoms with Gasteiger partial charge in [0.1, 0.15) is 0 Å². The highest BCUT2D eigenvalue weighted by Gasteiger charge is 2.39. The predicted octanol–water partition coefficient (Wildman–Crippen LogP) is 2.07. The van der Waals surface area contributed by atoms with Crippen molar-refractivity contribution in [2.75, 3.05) is 19.7 Å². The van der Waals surface area contributed by atoms with Crippen LogP contribution in [0, 0.1) is 5.92 Å². The molecule has 144 valence electrons. The molecule has 1 N–H and O–H groups in total. The predicted molar refractivity (Wildman–Crippen MR) is 101 cm³/mol. The highest BCUT2D eigenvalue weighted by atomic mass is 16.3. The summed E-state index contributed by atoms with van der Waals surface area (Å²) in [6.07, 6.45) is 0.285. The van der Waals surface area contributed by atoms with E-state index in [2.05, 4.69) is 0 Å². The van der Waals surface area contributed by atoms with Crippen LogP contribution in [0.2, 0.25) is 0 Å². The average Bonchev–Trinajstić information content (AvgIpc) is 2.67. The lowest BCUT2D eigenvalue weighted by atomic mass is 9.85. The van der Waals surface area contributed by atoms with Gasteiger partial charge in [0, 0.05) is 52.7 Å². The third-order valence-corrected chi connectivity index (χ3v) is 5.15. The summed E-state index contributed by atoms with van der Waals surface area (Å²) in [7, 11) is 0. The van der Waals surface area contributed by atoms with Crippen molar-refractivity contribution in [3.05, 3.63) is 46.5 Å². The Bertz CT molecular complexity index is 986. The van der Waals surface area contributed by atoms with Crippen LogP contribution in [-0.2, 0) is 0 Å². The molecule has 0 aliphatic carbocycles. The molecule has 4 rings (SSSR count). The number of hydrogen-bond acceptors (Lipinski definition) is 5. The van der Waals surface area contributed by atoms with E-state index in [4.69, 9.17) is 5.11 Å². The highest BCUT2D eigenvalue weighted by molar-refractivity contribution is 6.33. The van der Waals surface area contributed by atoms with Crippen LogP contribution < -0.4 is 0 Å². The molecule has 0 fully saturated rings. The summed E-state index contributed by atoms with van der Waals surface area (Å²) in [5.41, 5.74) is 1.26. The van der Waals surface area contributed by atoms with Gasteiger partial charge in [0.25, 0.3) is 23.6 Å². The van der Waals surface area contributed by atoms with E-state index in [-0.39, 0.29) is 25.5 Å². The van der Waals surface area contributed by atoms with Crippen molar-refractivity contribution in [1.82, 2.24) is 9.80 Å². The summed E-state index contributed by atoms with van der Waals surface area (Å²) >= 11 is 0. The number of benzene rings is 2. The first-order valence-corrected chi connectivity index (χ1v) is 9.29. The molecular weight excluding hydrogens is 360 g/mol. The fourth-order valence-electron chi connectivity index (χ4n) is 3.94. The lowest BCUT2D eigenvalue weighted by Crippen LogP contribution is -2.44. The topological polar surface area (TPSA) is 95.0 Å². The van der Waals surface area contributed by atoms with Crippen molar-refractivity contribution in [3.63, 3.8) is 0 Å². The van der Waals surface area contributed by atoms with Crippen molar-refractivity contribution >= 4 is 34.4 Å². The van der Waals surface area contributed by atoms with Gasteiger partial charge in [0.15, 0.2) is 0 Å². The molecule has 0 saturated carbocycles. The van der Waals surface area contributed by atoms with Crippen LogP contribution in [0.4, 0.5) is 0 Å². The third-order valence-electron chi connectivity index (χ3n) is 5.15. The van der Waals surface area contributed by atoms with Crippen LogP contribution in [0.25, 0.3) is 10.8 Å². The van der Waals surface area contributed by atoms with Crippen molar-refractivity contribution in [1.29, 1.82) is 0 Å². The minimum absolute atomic E-state index is 0.110. The van der Waals surface area contributed by atoms with E-state index in [9.17, 15) is 19.2 Å². The molecule has 28 heavy (non-hydrogen) atoms. The lowest BCUT2D eigenvalue weighted by Gasteiger charge is -2.32. The summed E-state index contributed by atoms with van der Waals surface area (Å²) in [6, 6.07) is 6.22. The molecule has 0 bridgehead atoms. The smallest absolute Gasteiger partial charge is 0.261 e. The fourth-order valence-corrected chi connectivity index (χ4v) is 3.94. The van der Waals surface area contributed by atoms with Crippen LogP contribution in [0.5, 0.6) is 0 Å². The lowest BCUT2D eigenvalue weighted by molar-refractivity contribution is 0.0574. The second-order valence-electron chi connectivity index (χ2n) is 7.53. The Morgan fingerprint density at radius 2 is 1.14 bits per heavy atom. The van der Waals surface area contributed by atoms with Gasteiger partial charge in [-0.1, -0.05) is 13.8 Å². The number of rotatable bonds is 5. The van der Waals surface area contributed by atoms with E-state index >= 15 is 0 Å². The molecule has 0 unspecified atom stereocenters. The van der Waals surface area contributed by atoms with Gasteiger partial charge in [-0.2, -0.15) is 0 Å². The van der Waals surface area contributed by atoms with Crippen LogP contribution in [0.3, 0.4) is 0 Å². The summed E-state index contributed by atoms with van der Waals surface area (Å²) in [5.74, 6) is -1.64. The molecule has 0 saturated heterocycles. The van der Waals surface area contributed by atoms with Crippen molar-refractivity contribution < 1.29 is 24.3 Å². The number of carbonyl (C=O) groups is 4. The quantitative estimate of drug-likeness (QED) is 0.802. The average molecular weight is 380 g/mol. The van der Waals surface area contributed by atoms with Gasteiger partial charge in [-0.25, -0.2) is 0 Å². The maximum absolute atomic E-state index is 12.9. The Morgan fingerprint density at radius 3 is 1.50 bits per heavy atom. The van der Waals surface area contributed by atoms with Crippen LogP contribution in [0.15, 0.2) is 24.3 Å². The number of hydrogen-bond donors (Lipinski definition) is 1. The Hall–Kier alpha value is -3.06. The normalized spacial score (nSPS) is 16.0. The molecule has 0 aromatic heterocycles. The fraction of sp³-hybridized carbons (Fsp3) is 0.333. The van der Waals surface area contributed by atoms with Gasteiger partial charge in [-0.3, -0.25) is 29.0 Å². The van der Waals surface area contributed by atoms with E-state index < -0.39 is 23.6 Å². The zero-order valence-corrected chi connectivity index (χ0v) is 15.7. The van der Waals surface area contributed by atoms with Gasteiger partial charge in [0.2, 0.25) is 0 Å². The first kappa shape index (κ1) is 18.3. The zero-order valence-electron chi connectivity index (χ0n) is 15.7. The van der Waals surface area contributed by atoms with Crippen LogP contribution in [0.1, 0.15) is 61.7 Å². The van der Waals surface area contributed by atoms with Crippen LogP contribution >= 0.6 is 0 Å². The van der Waals surface area contributed by atoms with E-state index in [1.165, 1.54) is 4.90 Å². The van der Waals surface area contributed by atoms with Gasteiger partial charge >= 0.3 is 0 Å². The van der Waals surface area contributed by atoms with Crippen LogP contribution in [-0.4, -0.2) is 58.2 Å². The number of nitrogens with zero attached hydrogens (tertiary/aromatic N) is 2. The molecule has 0 radical (unpaired) electrons. The Labute approximate surface area is 161 Å². The molecule has 2 heterocycles. The van der Waals surface area contributed by atoms with Crippen molar-refractivity contribution in [2.24, 2.45) is 5.92 Å². The molecule has 7 heteroatoms. The van der Waals surface area contributed by atoms with E-state index in [0.29, 0.717) is 39.6 Å². The van der Waals surface area contributed by atoms with Crippen molar-refractivity contribution in [2.45, 2.75) is 20.3 Å². The van der Waals surface area contributed by atoms with Gasteiger partial charge in [-0.15, -0.1) is 0 Å². The highest BCUT2D eigenvalue weighted by Crippen LogP contribution is 2.37. The third kappa shape index (κ3) is 2.46. The number of aliphatic hydroxyl groups excluding tert-OH is 1. The largest absolute Gasteiger partial charge is 0.396 e. The molecule has 2 aliphatic heterocycles. The zero-order chi connectivity index (χ0) is 20.2. The molecule has 0 spiro atoms. The SMILES string of the molecule is CC(C)CN1C(=O)c2ccc3c4c(ccc(c24)C1=O)C(=O)N(CCCO)C3=O. The minimum Gasteiger partial charge on any atom is -0.396 e. The standard InChI is InChI=1S/C21H20N2O5/c1-11(2)10-23-20(27)14-6-4-12-16-13(5-7-15(17(14)16)21(23)28)19(26)22(18(12)25)8-3-9-24/h4-7,11,24H,3,8-10H2,1-2H3. The molecule has 0 atom stereocenters. The van der Waals surface area contributed by atoms with E-state index in [0.717, 1.165) is 4.90 Å². The summed E-state index contributed by atoms with van der Waals surface area (Å²) in [6.45, 7) is 4.13. The molecule has 2 aliphatic rings. The number of carbonyl (C=O) groups excluding carboxylic acids is 4. The molecule has 4 amide bonds. The molecule has 2 aromatic rings. The Balaban J connectivity index is 1.93.